The molecule has 0 spiro atoms. The fraction of sp³-hybridized carbons (Fsp3) is 1.00. The van der Waals surface area contributed by atoms with Gasteiger partial charge in [-0.05, 0) is 13.3 Å². The van der Waals surface area contributed by atoms with E-state index in [9.17, 15) is 0 Å². The zero-order chi connectivity index (χ0) is 9.40. The Morgan fingerprint density at radius 3 is 2.50 bits per heavy atom. The van der Waals surface area contributed by atoms with E-state index in [0.29, 0.717) is 13.2 Å². The van der Waals surface area contributed by atoms with Crippen LogP contribution in [0.25, 0.3) is 0 Å². The van der Waals surface area contributed by atoms with Crippen molar-refractivity contribution in [1.29, 1.82) is 0 Å². The molecule has 2 atom stereocenters. The van der Waals surface area contributed by atoms with Crippen molar-refractivity contribution in [3.05, 3.63) is 0 Å². The summed E-state index contributed by atoms with van der Waals surface area (Å²) in [5.74, 6) is 0. The maximum absolute atomic E-state index is 5.76. The van der Waals surface area contributed by atoms with Crippen LogP contribution in [0.4, 0.5) is 0 Å². The zero-order valence-corrected chi connectivity index (χ0v) is 8.38. The Morgan fingerprint density at radius 2 is 2.00 bits per heavy atom. The molecule has 12 heavy (non-hydrogen) atoms. The van der Waals surface area contributed by atoms with Crippen molar-refractivity contribution in [3.8, 4) is 0 Å². The number of rotatable bonds is 7. The fourth-order valence-electron chi connectivity index (χ4n) is 1.02. The summed E-state index contributed by atoms with van der Waals surface area (Å²) in [5, 5.41) is 0. The van der Waals surface area contributed by atoms with Gasteiger partial charge in [0.2, 0.25) is 0 Å². The molecule has 3 nitrogen and oxygen atoms in total. The highest BCUT2D eigenvalue weighted by atomic mass is 16.5. The lowest BCUT2D eigenvalue weighted by molar-refractivity contribution is 0.00275. The minimum Gasteiger partial charge on any atom is -0.382 e. The lowest BCUT2D eigenvalue weighted by atomic mass is 10.2. The normalized spacial score (nSPS) is 16.0. The average Bonchev–Trinajstić information content (AvgIpc) is 2.02. The molecule has 2 unspecified atom stereocenters. The molecule has 0 bridgehead atoms. The van der Waals surface area contributed by atoms with Crippen molar-refractivity contribution in [2.75, 3.05) is 20.3 Å². The highest BCUT2D eigenvalue weighted by Crippen LogP contribution is 1.97. The first-order chi connectivity index (χ1) is 5.70. The van der Waals surface area contributed by atoms with Crippen molar-refractivity contribution < 1.29 is 9.47 Å². The minimum atomic E-state index is 0.151. The molecule has 2 N–H and O–H groups in total. The molecule has 0 aromatic rings. The standard InChI is InChI=1S/C9H21NO2/c1-4-5-9(10)7-12-8(2)6-11-3/h8-9H,4-7,10H2,1-3H3. The lowest BCUT2D eigenvalue weighted by Gasteiger charge is -2.15. The molecular formula is C9H21NO2. The van der Waals surface area contributed by atoms with Crippen molar-refractivity contribution in [1.82, 2.24) is 0 Å². The molecule has 0 aliphatic carbocycles. The number of hydrogen-bond donors (Lipinski definition) is 1. The SMILES string of the molecule is CCCC(N)COC(C)COC. The maximum Gasteiger partial charge on any atom is 0.0781 e. The lowest BCUT2D eigenvalue weighted by Crippen LogP contribution is -2.29. The highest BCUT2D eigenvalue weighted by Gasteiger charge is 2.05. The molecule has 3 heteroatoms. The molecule has 0 aliphatic heterocycles. The van der Waals surface area contributed by atoms with Crippen LogP contribution >= 0.6 is 0 Å². The van der Waals surface area contributed by atoms with Gasteiger partial charge in [0.1, 0.15) is 0 Å². The summed E-state index contributed by atoms with van der Waals surface area (Å²) in [7, 11) is 1.67. The highest BCUT2D eigenvalue weighted by molar-refractivity contribution is 4.59. The third kappa shape index (κ3) is 6.58. The van der Waals surface area contributed by atoms with Crippen molar-refractivity contribution >= 4 is 0 Å². The molecule has 0 aromatic carbocycles. The number of hydrogen-bond acceptors (Lipinski definition) is 3. The summed E-state index contributed by atoms with van der Waals surface area (Å²) >= 11 is 0. The first-order valence-corrected chi connectivity index (χ1v) is 4.56. The Kier molecular flexibility index (Phi) is 7.45. The molecule has 0 rings (SSSR count). The molecule has 74 valence electrons. The van der Waals surface area contributed by atoms with Gasteiger partial charge in [0, 0.05) is 13.2 Å². The second-order valence-electron chi connectivity index (χ2n) is 3.15. The van der Waals surface area contributed by atoms with Crippen LogP contribution in [0, 0.1) is 0 Å². The molecule has 0 aliphatic rings. The topological polar surface area (TPSA) is 44.5 Å². The molecule has 0 fully saturated rings. The number of methoxy groups -OCH3 is 1. The predicted octanol–water partition coefficient (Wildman–Crippen LogP) is 1.17. The molecule has 0 radical (unpaired) electrons. The average molecular weight is 175 g/mol. The largest absolute Gasteiger partial charge is 0.382 e. The monoisotopic (exact) mass is 175 g/mol. The molecule has 0 amide bonds. The summed E-state index contributed by atoms with van der Waals surface area (Å²) in [4.78, 5) is 0. The molecule has 0 saturated heterocycles. The van der Waals surface area contributed by atoms with Gasteiger partial charge >= 0.3 is 0 Å². The van der Waals surface area contributed by atoms with Crippen LogP contribution in [0.2, 0.25) is 0 Å². The van der Waals surface area contributed by atoms with E-state index in [1.165, 1.54) is 0 Å². The van der Waals surface area contributed by atoms with E-state index in [0.717, 1.165) is 12.8 Å². The number of ether oxygens (including phenoxy) is 2. The van der Waals surface area contributed by atoms with Gasteiger partial charge in [-0.2, -0.15) is 0 Å². The first kappa shape index (κ1) is 11.9. The van der Waals surface area contributed by atoms with Crippen LogP contribution in [0.15, 0.2) is 0 Å². The third-order valence-corrected chi connectivity index (χ3v) is 1.66. The van der Waals surface area contributed by atoms with Gasteiger partial charge in [-0.1, -0.05) is 13.3 Å². The van der Waals surface area contributed by atoms with Gasteiger partial charge in [-0.25, -0.2) is 0 Å². The summed E-state index contributed by atoms with van der Waals surface area (Å²) in [5.41, 5.74) is 5.76. The van der Waals surface area contributed by atoms with E-state index >= 15 is 0 Å². The van der Waals surface area contributed by atoms with Crippen LogP contribution in [0.3, 0.4) is 0 Å². The molecule has 0 aromatic heterocycles. The smallest absolute Gasteiger partial charge is 0.0781 e. The van der Waals surface area contributed by atoms with Crippen LogP contribution in [0.5, 0.6) is 0 Å². The Balaban J connectivity index is 3.27. The van der Waals surface area contributed by atoms with Crippen molar-refractivity contribution in [3.63, 3.8) is 0 Å². The van der Waals surface area contributed by atoms with Gasteiger partial charge in [-0.3, -0.25) is 0 Å². The molecule has 0 heterocycles. The second kappa shape index (κ2) is 7.53. The Morgan fingerprint density at radius 1 is 1.33 bits per heavy atom. The van der Waals surface area contributed by atoms with Gasteiger partial charge in [0.25, 0.3) is 0 Å². The number of nitrogens with two attached hydrogens (primary N) is 1. The Labute approximate surface area is 75.2 Å². The zero-order valence-electron chi connectivity index (χ0n) is 8.38. The summed E-state index contributed by atoms with van der Waals surface area (Å²) < 4.78 is 10.4. The molecular weight excluding hydrogens is 154 g/mol. The third-order valence-electron chi connectivity index (χ3n) is 1.66. The summed E-state index contributed by atoms with van der Waals surface area (Å²) in [6, 6.07) is 0.175. The minimum absolute atomic E-state index is 0.151. The Hall–Kier alpha value is -0.120. The quantitative estimate of drug-likeness (QED) is 0.631. The summed E-state index contributed by atoms with van der Waals surface area (Å²) in [6.07, 6.45) is 2.29. The Bertz CT molecular complexity index is 86.5. The fourth-order valence-corrected chi connectivity index (χ4v) is 1.02. The van der Waals surface area contributed by atoms with Crippen LogP contribution in [-0.2, 0) is 9.47 Å². The first-order valence-electron chi connectivity index (χ1n) is 4.56. The van der Waals surface area contributed by atoms with E-state index < -0.39 is 0 Å². The maximum atomic E-state index is 5.76. The van der Waals surface area contributed by atoms with Gasteiger partial charge in [0.15, 0.2) is 0 Å². The van der Waals surface area contributed by atoms with E-state index in [4.69, 9.17) is 15.2 Å². The van der Waals surface area contributed by atoms with Gasteiger partial charge in [-0.15, -0.1) is 0 Å². The van der Waals surface area contributed by atoms with Crippen LogP contribution < -0.4 is 5.73 Å². The predicted molar refractivity (Wildman–Crippen MR) is 50.2 cm³/mol. The second-order valence-corrected chi connectivity index (χ2v) is 3.15. The van der Waals surface area contributed by atoms with Crippen LogP contribution in [-0.4, -0.2) is 32.5 Å². The van der Waals surface area contributed by atoms with Crippen molar-refractivity contribution in [2.45, 2.75) is 38.8 Å². The van der Waals surface area contributed by atoms with Crippen LogP contribution in [0.1, 0.15) is 26.7 Å². The molecule has 0 saturated carbocycles. The van der Waals surface area contributed by atoms with Gasteiger partial charge in [0.05, 0.1) is 19.3 Å². The van der Waals surface area contributed by atoms with Gasteiger partial charge < -0.3 is 15.2 Å². The van der Waals surface area contributed by atoms with Crippen molar-refractivity contribution in [2.24, 2.45) is 5.73 Å². The van der Waals surface area contributed by atoms with E-state index in [-0.39, 0.29) is 12.1 Å². The van der Waals surface area contributed by atoms with E-state index in [1.807, 2.05) is 6.92 Å². The summed E-state index contributed by atoms with van der Waals surface area (Å²) in [6.45, 7) is 5.39. The van der Waals surface area contributed by atoms with E-state index in [1.54, 1.807) is 7.11 Å². The van der Waals surface area contributed by atoms with E-state index in [2.05, 4.69) is 6.92 Å².